The van der Waals surface area contributed by atoms with Crippen molar-refractivity contribution in [1.29, 1.82) is 0 Å². The van der Waals surface area contributed by atoms with Gasteiger partial charge in [0.05, 0.1) is 0 Å². The van der Waals surface area contributed by atoms with E-state index in [1.54, 1.807) is 0 Å². The van der Waals surface area contributed by atoms with Crippen molar-refractivity contribution in [2.75, 3.05) is 5.32 Å². The Kier molecular flexibility index (Phi) is 3.86. The second-order valence-corrected chi connectivity index (χ2v) is 9.19. The first-order chi connectivity index (χ1) is 11.8. The zero-order valence-corrected chi connectivity index (χ0v) is 15.4. The number of carbonyl (C=O) groups excluding carboxylic acids is 1. The third kappa shape index (κ3) is 3.04. The predicted molar refractivity (Wildman–Crippen MR) is 98.2 cm³/mol. The maximum Gasteiger partial charge on any atom is 0.245 e. The predicted octanol–water partition coefficient (Wildman–Crippen LogP) is 4.22. The molecule has 5 rings (SSSR count). The molecule has 2 N–H and O–H groups in total. The van der Waals surface area contributed by atoms with Crippen molar-refractivity contribution >= 4 is 11.6 Å². The Labute approximate surface area is 149 Å². The molecule has 4 aliphatic carbocycles. The van der Waals surface area contributed by atoms with Gasteiger partial charge in [-0.2, -0.15) is 0 Å². The summed E-state index contributed by atoms with van der Waals surface area (Å²) in [4.78, 5) is 13.0. The molecule has 136 valence electrons. The SMILES string of the molecule is Cc1ccccc1NC(C)(C)C(=O)NC1[C@@H]2CC3C[C@H]1CC(F)(C3)C2. The van der Waals surface area contributed by atoms with E-state index in [1.165, 1.54) is 0 Å². The van der Waals surface area contributed by atoms with Crippen LogP contribution in [0.1, 0.15) is 51.5 Å². The smallest absolute Gasteiger partial charge is 0.245 e. The maximum atomic E-state index is 14.8. The van der Waals surface area contributed by atoms with Gasteiger partial charge in [-0.05, 0) is 82.3 Å². The molecule has 4 saturated carbocycles. The summed E-state index contributed by atoms with van der Waals surface area (Å²) in [5.41, 5.74) is 0.452. The monoisotopic (exact) mass is 344 g/mol. The molecule has 25 heavy (non-hydrogen) atoms. The second kappa shape index (κ2) is 5.72. The standard InChI is InChI=1S/C21H29FN2O/c1-13-6-4-5-7-17(13)24-20(2,3)19(25)23-18-15-8-14-9-16(18)12-21(22,10-14)11-15/h4-7,14-16,18,24H,8-12H2,1-3H3,(H,23,25)/t14?,15-,16+,18?,21?. The van der Waals surface area contributed by atoms with Crippen LogP contribution in [0, 0.1) is 24.7 Å². The number of anilines is 1. The summed E-state index contributed by atoms with van der Waals surface area (Å²) in [6.45, 7) is 5.87. The Bertz CT molecular complexity index is 670. The molecule has 5 atom stereocenters. The Hall–Kier alpha value is -1.58. The van der Waals surface area contributed by atoms with E-state index in [0.29, 0.717) is 30.6 Å². The highest BCUT2D eigenvalue weighted by molar-refractivity contribution is 5.89. The molecule has 4 aliphatic rings. The fraction of sp³-hybridized carbons (Fsp3) is 0.667. The fourth-order valence-electron chi connectivity index (χ4n) is 5.60. The largest absolute Gasteiger partial charge is 0.371 e. The summed E-state index contributed by atoms with van der Waals surface area (Å²) < 4.78 is 14.8. The summed E-state index contributed by atoms with van der Waals surface area (Å²) in [7, 11) is 0. The van der Waals surface area contributed by atoms with Crippen molar-refractivity contribution in [1.82, 2.24) is 5.32 Å². The number of halogens is 1. The third-order valence-electron chi connectivity index (χ3n) is 6.66. The fourth-order valence-corrected chi connectivity index (χ4v) is 5.60. The molecular weight excluding hydrogens is 315 g/mol. The molecule has 0 radical (unpaired) electrons. The molecule has 4 fully saturated rings. The van der Waals surface area contributed by atoms with Gasteiger partial charge in [0.15, 0.2) is 0 Å². The van der Waals surface area contributed by atoms with Gasteiger partial charge in [0, 0.05) is 11.7 Å². The van der Waals surface area contributed by atoms with Crippen LogP contribution in [0.5, 0.6) is 0 Å². The van der Waals surface area contributed by atoms with Crippen LogP contribution in [0.3, 0.4) is 0 Å². The van der Waals surface area contributed by atoms with Gasteiger partial charge in [0.25, 0.3) is 0 Å². The summed E-state index contributed by atoms with van der Waals surface area (Å²) in [5.74, 6) is 1.18. The molecule has 1 aromatic carbocycles. The number of para-hydroxylation sites is 1. The number of rotatable bonds is 4. The van der Waals surface area contributed by atoms with E-state index >= 15 is 0 Å². The van der Waals surface area contributed by atoms with Crippen LogP contribution < -0.4 is 10.6 Å². The zero-order valence-electron chi connectivity index (χ0n) is 15.4. The number of nitrogens with one attached hydrogen (secondary N) is 2. The van der Waals surface area contributed by atoms with Crippen LogP contribution in [0.4, 0.5) is 10.1 Å². The summed E-state index contributed by atoms with van der Waals surface area (Å²) in [5, 5.41) is 6.67. The molecule has 1 aromatic rings. The second-order valence-electron chi connectivity index (χ2n) is 9.19. The molecular formula is C21H29FN2O. The lowest BCUT2D eigenvalue weighted by Crippen LogP contribution is -2.63. The van der Waals surface area contributed by atoms with E-state index in [4.69, 9.17) is 0 Å². The number of amides is 1. The quantitative estimate of drug-likeness (QED) is 0.859. The molecule has 0 aromatic heterocycles. The number of hydrogen-bond acceptors (Lipinski definition) is 2. The summed E-state index contributed by atoms with van der Waals surface area (Å²) in [6, 6.07) is 8.15. The Balaban J connectivity index is 1.46. The lowest BCUT2D eigenvalue weighted by atomic mass is 9.53. The van der Waals surface area contributed by atoms with E-state index in [-0.39, 0.29) is 11.9 Å². The summed E-state index contributed by atoms with van der Waals surface area (Å²) in [6.07, 6.45) is 4.19. The number of hydrogen-bond donors (Lipinski definition) is 2. The van der Waals surface area contributed by atoms with Gasteiger partial charge in [-0.15, -0.1) is 0 Å². The molecule has 0 spiro atoms. The van der Waals surface area contributed by atoms with Crippen molar-refractivity contribution in [3.05, 3.63) is 29.8 Å². The number of carbonyl (C=O) groups is 1. The average molecular weight is 344 g/mol. The van der Waals surface area contributed by atoms with Crippen molar-refractivity contribution < 1.29 is 9.18 Å². The van der Waals surface area contributed by atoms with Gasteiger partial charge in [-0.25, -0.2) is 4.39 Å². The van der Waals surface area contributed by atoms with Crippen LogP contribution in [-0.4, -0.2) is 23.2 Å². The van der Waals surface area contributed by atoms with E-state index in [1.807, 2.05) is 45.0 Å². The number of aryl methyl sites for hydroxylation is 1. The lowest BCUT2D eigenvalue weighted by molar-refractivity contribution is -0.133. The Morgan fingerprint density at radius 2 is 1.80 bits per heavy atom. The van der Waals surface area contributed by atoms with Crippen molar-refractivity contribution in [3.8, 4) is 0 Å². The lowest BCUT2D eigenvalue weighted by Gasteiger charge is -2.57. The van der Waals surface area contributed by atoms with Crippen LogP contribution in [0.25, 0.3) is 0 Å². The molecule has 3 nitrogen and oxygen atoms in total. The van der Waals surface area contributed by atoms with Crippen LogP contribution in [0.15, 0.2) is 24.3 Å². The first kappa shape index (κ1) is 16.9. The van der Waals surface area contributed by atoms with Gasteiger partial charge in [-0.1, -0.05) is 18.2 Å². The highest BCUT2D eigenvalue weighted by Crippen LogP contribution is 2.57. The Morgan fingerprint density at radius 1 is 1.16 bits per heavy atom. The minimum atomic E-state index is -0.952. The van der Waals surface area contributed by atoms with Gasteiger partial charge in [0.2, 0.25) is 5.91 Å². The van der Waals surface area contributed by atoms with E-state index in [2.05, 4.69) is 10.6 Å². The highest BCUT2D eigenvalue weighted by atomic mass is 19.1. The van der Waals surface area contributed by atoms with Crippen molar-refractivity contribution in [2.24, 2.45) is 17.8 Å². The van der Waals surface area contributed by atoms with Crippen LogP contribution in [0.2, 0.25) is 0 Å². The molecule has 0 saturated heterocycles. The first-order valence-electron chi connectivity index (χ1n) is 9.59. The molecule has 1 amide bonds. The van der Waals surface area contributed by atoms with Crippen molar-refractivity contribution in [2.45, 2.75) is 70.1 Å². The Morgan fingerprint density at radius 3 is 2.40 bits per heavy atom. The minimum absolute atomic E-state index is 0.0149. The first-order valence-corrected chi connectivity index (χ1v) is 9.59. The molecule has 0 aliphatic heterocycles. The molecule has 0 heterocycles. The minimum Gasteiger partial charge on any atom is -0.371 e. The maximum absolute atomic E-state index is 14.8. The highest BCUT2D eigenvalue weighted by Gasteiger charge is 2.56. The summed E-state index contributed by atoms with van der Waals surface area (Å²) >= 11 is 0. The van der Waals surface area contributed by atoms with Crippen LogP contribution in [-0.2, 0) is 4.79 Å². The normalized spacial score (nSPS) is 36.3. The van der Waals surface area contributed by atoms with Crippen LogP contribution >= 0.6 is 0 Å². The van der Waals surface area contributed by atoms with E-state index < -0.39 is 11.2 Å². The third-order valence-corrected chi connectivity index (χ3v) is 6.66. The van der Waals surface area contributed by atoms with Gasteiger partial charge >= 0.3 is 0 Å². The number of alkyl halides is 1. The molecule has 4 heteroatoms. The van der Waals surface area contributed by atoms with Gasteiger partial charge in [-0.3, -0.25) is 4.79 Å². The van der Waals surface area contributed by atoms with Gasteiger partial charge in [0.1, 0.15) is 11.2 Å². The van der Waals surface area contributed by atoms with E-state index in [9.17, 15) is 9.18 Å². The van der Waals surface area contributed by atoms with E-state index in [0.717, 1.165) is 30.5 Å². The van der Waals surface area contributed by atoms with Crippen molar-refractivity contribution in [3.63, 3.8) is 0 Å². The average Bonchev–Trinajstić information content (AvgIpc) is 2.51. The van der Waals surface area contributed by atoms with Gasteiger partial charge < -0.3 is 10.6 Å². The number of benzene rings is 1. The topological polar surface area (TPSA) is 41.1 Å². The molecule has 3 unspecified atom stereocenters. The molecule has 4 bridgehead atoms. The zero-order chi connectivity index (χ0) is 17.8.